The topological polar surface area (TPSA) is 52.6 Å². The van der Waals surface area contributed by atoms with Crippen LogP contribution in [0.4, 0.5) is 5.13 Å². The summed E-state index contributed by atoms with van der Waals surface area (Å²) in [7, 11) is 1.67. The van der Waals surface area contributed by atoms with Gasteiger partial charge in [0.2, 0.25) is 0 Å². The van der Waals surface area contributed by atoms with Crippen LogP contribution in [0.2, 0.25) is 0 Å². The van der Waals surface area contributed by atoms with Crippen molar-refractivity contribution in [2.45, 2.75) is 20.0 Å². The highest BCUT2D eigenvalue weighted by molar-refractivity contribution is 7.15. The SMILES string of the molecule is CCNc1ncc(COCCCOCCOC)s1. The van der Waals surface area contributed by atoms with E-state index in [9.17, 15) is 0 Å². The van der Waals surface area contributed by atoms with Crippen LogP contribution in [0.3, 0.4) is 0 Å². The number of hydrogen-bond acceptors (Lipinski definition) is 6. The minimum atomic E-state index is 0.626. The lowest BCUT2D eigenvalue weighted by Gasteiger charge is -2.04. The fourth-order valence-corrected chi connectivity index (χ4v) is 2.11. The first kappa shape index (κ1) is 15.4. The van der Waals surface area contributed by atoms with Gasteiger partial charge in [-0.05, 0) is 13.3 Å². The van der Waals surface area contributed by atoms with Crippen molar-refractivity contribution in [1.82, 2.24) is 4.98 Å². The maximum Gasteiger partial charge on any atom is 0.182 e. The number of rotatable bonds is 11. The Hall–Kier alpha value is -0.690. The van der Waals surface area contributed by atoms with Crippen molar-refractivity contribution in [3.05, 3.63) is 11.1 Å². The van der Waals surface area contributed by atoms with Crippen molar-refractivity contribution in [3.63, 3.8) is 0 Å². The summed E-state index contributed by atoms with van der Waals surface area (Å²) in [5.74, 6) is 0. The molecule has 0 aliphatic heterocycles. The predicted octanol–water partition coefficient (Wildman–Crippen LogP) is 2.14. The zero-order valence-electron chi connectivity index (χ0n) is 11.1. The molecular formula is C12H22N2O3S. The van der Waals surface area contributed by atoms with Gasteiger partial charge in [-0.25, -0.2) is 4.98 Å². The van der Waals surface area contributed by atoms with Crippen LogP contribution in [0.1, 0.15) is 18.2 Å². The quantitative estimate of drug-likeness (QED) is 0.627. The smallest absolute Gasteiger partial charge is 0.182 e. The van der Waals surface area contributed by atoms with Crippen LogP contribution in [0, 0.1) is 0 Å². The monoisotopic (exact) mass is 274 g/mol. The van der Waals surface area contributed by atoms with E-state index in [-0.39, 0.29) is 0 Å². The number of aromatic nitrogens is 1. The molecule has 0 aliphatic rings. The van der Waals surface area contributed by atoms with Crippen LogP contribution in [0.5, 0.6) is 0 Å². The van der Waals surface area contributed by atoms with E-state index in [1.165, 1.54) is 0 Å². The molecule has 0 aliphatic carbocycles. The van der Waals surface area contributed by atoms with Crippen LogP contribution >= 0.6 is 11.3 Å². The second-order valence-electron chi connectivity index (χ2n) is 3.67. The van der Waals surface area contributed by atoms with E-state index in [0.29, 0.717) is 33.0 Å². The van der Waals surface area contributed by atoms with E-state index in [4.69, 9.17) is 14.2 Å². The van der Waals surface area contributed by atoms with Crippen LogP contribution in [0.15, 0.2) is 6.20 Å². The third kappa shape index (κ3) is 6.90. The Morgan fingerprint density at radius 2 is 2.06 bits per heavy atom. The van der Waals surface area contributed by atoms with Crippen LogP contribution in [-0.2, 0) is 20.8 Å². The molecule has 1 heterocycles. The standard InChI is InChI=1S/C12H22N2O3S/c1-3-13-12-14-9-11(18-12)10-17-6-4-5-16-8-7-15-2/h9H,3-8,10H2,1-2H3,(H,13,14). The van der Waals surface area contributed by atoms with E-state index in [1.54, 1.807) is 18.4 Å². The Bertz CT molecular complexity index is 307. The first-order valence-corrected chi connectivity index (χ1v) is 7.01. The molecule has 0 saturated carbocycles. The molecule has 0 unspecified atom stereocenters. The number of nitrogens with one attached hydrogen (secondary N) is 1. The molecule has 0 bridgehead atoms. The maximum absolute atomic E-state index is 5.55. The Morgan fingerprint density at radius 1 is 1.22 bits per heavy atom. The summed E-state index contributed by atoms with van der Waals surface area (Å²) in [4.78, 5) is 5.39. The Labute approximate surface area is 112 Å². The van der Waals surface area contributed by atoms with E-state index >= 15 is 0 Å². The van der Waals surface area contributed by atoms with Gasteiger partial charge >= 0.3 is 0 Å². The summed E-state index contributed by atoms with van der Waals surface area (Å²) in [5.41, 5.74) is 0. The predicted molar refractivity (Wildman–Crippen MR) is 73.2 cm³/mol. The van der Waals surface area contributed by atoms with Gasteiger partial charge in [-0.1, -0.05) is 11.3 Å². The summed E-state index contributed by atoms with van der Waals surface area (Å²) in [6, 6.07) is 0. The van der Waals surface area contributed by atoms with Crippen molar-refractivity contribution in [3.8, 4) is 0 Å². The summed E-state index contributed by atoms with van der Waals surface area (Å²) in [6.45, 7) is 6.30. The van der Waals surface area contributed by atoms with Gasteiger partial charge in [-0.3, -0.25) is 0 Å². The zero-order valence-corrected chi connectivity index (χ0v) is 11.9. The van der Waals surface area contributed by atoms with Gasteiger partial charge < -0.3 is 19.5 Å². The normalized spacial score (nSPS) is 10.8. The molecule has 0 radical (unpaired) electrons. The molecular weight excluding hydrogens is 252 g/mol. The molecule has 0 atom stereocenters. The summed E-state index contributed by atoms with van der Waals surface area (Å²) in [6.07, 6.45) is 2.76. The third-order valence-electron chi connectivity index (χ3n) is 2.14. The molecule has 1 aromatic rings. The third-order valence-corrected chi connectivity index (χ3v) is 3.06. The lowest BCUT2D eigenvalue weighted by atomic mass is 10.5. The van der Waals surface area contributed by atoms with E-state index < -0.39 is 0 Å². The van der Waals surface area contributed by atoms with E-state index in [2.05, 4.69) is 17.2 Å². The number of thiazole rings is 1. The number of methoxy groups -OCH3 is 1. The average Bonchev–Trinajstić information content (AvgIpc) is 2.81. The first-order valence-electron chi connectivity index (χ1n) is 6.19. The molecule has 5 nitrogen and oxygen atoms in total. The molecule has 0 spiro atoms. The van der Waals surface area contributed by atoms with Crippen LogP contribution in [-0.4, -0.2) is 45.1 Å². The molecule has 1 N–H and O–H groups in total. The minimum Gasteiger partial charge on any atom is -0.382 e. The zero-order chi connectivity index (χ0) is 13.1. The second kappa shape index (κ2) is 10.3. The number of ether oxygens (including phenoxy) is 3. The molecule has 0 fully saturated rings. The second-order valence-corrected chi connectivity index (χ2v) is 4.79. The van der Waals surface area contributed by atoms with Crippen molar-refractivity contribution < 1.29 is 14.2 Å². The molecule has 18 heavy (non-hydrogen) atoms. The first-order chi connectivity index (χ1) is 8.86. The van der Waals surface area contributed by atoms with Crippen LogP contribution in [0.25, 0.3) is 0 Å². The Kier molecular flexibility index (Phi) is 8.75. The van der Waals surface area contributed by atoms with E-state index in [0.717, 1.165) is 23.0 Å². The Balaban J connectivity index is 1.96. The summed E-state index contributed by atoms with van der Waals surface area (Å²) >= 11 is 1.64. The summed E-state index contributed by atoms with van der Waals surface area (Å²) < 4.78 is 15.8. The molecule has 1 rings (SSSR count). The molecule has 0 amide bonds. The largest absolute Gasteiger partial charge is 0.382 e. The fraction of sp³-hybridized carbons (Fsp3) is 0.750. The number of anilines is 1. The molecule has 6 heteroatoms. The van der Waals surface area contributed by atoms with Crippen LogP contribution < -0.4 is 5.32 Å². The van der Waals surface area contributed by atoms with Gasteiger partial charge in [0.1, 0.15) is 0 Å². The van der Waals surface area contributed by atoms with Crippen molar-refractivity contribution in [2.75, 3.05) is 45.4 Å². The van der Waals surface area contributed by atoms with Crippen molar-refractivity contribution >= 4 is 16.5 Å². The molecule has 0 aromatic carbocycles. The molecule has 1 aromatic heterocycles. The molecule has 104 valence electrons. The lowest BCUT2D eigenvalue weighted by molar-refractivity contribution is 0.0487. The van der Waals surface area contributed by atoms with Gasteiger partial charge in [0.25, 0.3) is 0 Å². The highest BCUT2D eigenvalue weighted by Crippen LogP contribution is 2.18. The number of hydrogen-bond donors (Lipinski definition) is 1. The van der Waals surface area contributed by atoms with Gasteiger partial charge in [0.15, 0.2) is 5.13 Å². The average molecular weight is 274 g/mol. The van der Waals surface area contributed by atoms with E-state index in [1.807, 2.05) is 6.20 Å². The van der Waals surface area contributed by atoms with Gasteiger partial charge in [0.05, 0.1) is 24.7 Å². The lowest BCUT2D eigenvalue weighted by Crippen LogP contribution is -2.05. The van der Waals surface area contributed by atoms with Gasteiger partial charge in [-0.15, -0.1) is 0 Å². The van der Waals surface area contributed by atoms with Gasteiger partial charge in [-0.2, -0.15) is 0 Å². The minimum absolute atomic E-state index is 0.626. The van der Waals surface area contributed by atoms with Crippen molar-refractivity contribution in [1.29, 1.82) is 0 Å². The summed E-state index contributed by atoms with van der Waals surface area (Å²) in [5, 5.41) is 4.14. The highest BCUT2D eigenvalue weighted by Gasteiger charge is 2.00. The highest BCUT2D eigenvalue weighted by atomic mass is 32.1. The maximum atomic E-state index is 5.55. The van der Waals surface area contributed by atoms with Crippen molar-refractivity contribution in [2.24, 2.45) is 0 Å². The Morgan fingerprint density at radius 3 is 2.83 bits per heavy atom. The number of nitrogens with zero attached hydrogens (tertiary/aromatic N) is 1. The van der Waals surface area contributed by atoms with Gasteiger partial charge in [0, 0.05) is 33.1 Å². The fourth-order valence-electron chi connectivity index (χ4n) is 1.29. The molecule has 0 saturated heterocycles.